The molecule has 1 aliphatic rings. The third-order valence-electron chi connectivity index (χ3n) is 5.93. The van der Waals surface area contributed by atoms with Crippen molar-refractivity contribution in [2.24, 2.45) is 0 Å². The van der Waals surface area contributed by atoms with Crippen molar-refractivity contribution >= 4 is 23.3 Å². The molecule has 1 aliphatic heterocycles. The van der Waals surface area contributed by atoms with E-state index in [0.717, 1.165) is 11.3 Å². The van der Waals surface area contributed by atoms with E-state index in [-0.39, 0.29) is 11.8 Å². The lowest BCUT2D eigenvalue weighted by molar-refractivity contribution is -0.128. The number of hydrogen-bond donors (Lipinski definition) is 2. The number of amides is 2. The number of rotatable bonds is 7. The van der Waals surface area contributed by atoms with Gasteiger partial charge in [-0.3, -0.25) is 14.5 Å². The first-order valence-electron chi connectivity index (χ1n) is 11.2. The molecule has 3 aromatic rings. The summed E-state index contributed by atoms with van der Waals surface area (Å²) in [5.41, 5.74) is 2.36. The second-order valence-corrected chi connectivity index (χ2v) is 8.09. The molecule has 1 fully saturated rings. The number of aromatic nitrogens is 1. The molecule has 1 aromatic heterocycles. The van der Waals surface area contributed by atoms with E-state index in [0.29, 0.717) is 43.3 Å². The number of piperazine rings is 1. The summed E-state index contributed by atoms with van der Waals surface area (Å²) in [5.74, 6) is 0.904. The molecule has 34 heavy (non-hydrogen) atoms. The summed E-state index contributed by atoms with van der Waals surface area (Å²) < 4.78 is 5.28. The highest BCUT2D eigenvalue weighted by atomic mass is 16.5. The maximum atomic E-state index is 13.5. The van der Waals surface area contributed by atoms with E-state index in [1.807, 2.05) is 54.6 Å². The molecule has 1 saturated heterocycles. The number of likely N-dealkylation sites (N-methyl/N-ethyl adjacent to an activating group) is 1. The minimum Gasteiger partial charge on any atom is -0.497 e. The summed E-state index contributed by atoms with van der Waals surface area (Å²) in [6.45, 7) is 2.07. The van der Waals surface area contributed by atoms with Gasteiger partial charge in [-0.25, -0.2) is 4.98 Å². The molecule has 0 saturated carbocycles. The van der Waals surface area contributed by atoms with Gasteiger partial charge in [-0.05, 0) is 29.8 Å². The number of hydrogen-bond acceptors (Lipinski definition) is 6. The third-order valence-corrected chi connectivity index (χ3v) is 5.93. The smallest absolute Gasteiger partial charge is 0.257 e. The lowest BCUT2D eigenvalue weighted by atomic mass is 10.1. The number of carbonyl (C=O) groups is 2. The Morgan fingerprint density at radius 2 is 1.88 bits per heavy atom. The summed E-state index contributed by atoms with van der Waals surface area (Å²) >= 11 is 0. The average molecular weight is 460 g/mol. The van der Waals surface area contributed by atoms with Gasteiger partial charge < -0.3 is 20.3 Å². The van der Waals surface area contributed by atoms with E-state index in [4.69, 9.17) is 4.74 Å². The zero-order valence-corrected chi connectivity index (χ0v) is 19.4. The number of pyridine rings is 1. The first-order valence-corrected chi connectivity index (χ1v) is 11.2. The van der Waals surface area contributed by atoms with Crippen molar-refractivity contribution in [3.63, 3.8) is 0 Å². The molecular weight excluding hydrogens is 430 g/mol. The predicted molar refractivity (Wildman–Crippen MR) is 131 cm³/mol. The van der Waals surface area contributed by atoms with Gasteiger partial charge in [0.25, 0.3) is 5.91 Å². The topological polar surface area (TPSA) is 86.8 Å². The molecule has 176 valence electrons. The van der Waals surface area contributed by atoms with E-state index in [2.05, 4.69) is 20.5 Å². The van der Waals surface area contributed by atoms with Crippen LogP contribution in [0.5, 0.6) is 5.75 Å². The second kappa shape index (κ2) is 10.8. The van der Waals surface area contributed by atoms with Gasteiger partial charge in [0.05, 0.1) is 12.7 Å². The van der Waals surface area contributed by atoms with Crippen molar-refractivity contribution in [2.45, 2.75) is 12.6 Å². The molecule has 0 unspecified atom stereocenters. The number of methoxy groups -OCH3 is 1. The van der Waals surface area contributed by atoms with Gasteiger partial charge in [-0.1, -0.05) is 36.4 Å². The molecule has 8 heteroatoms. The van der Waals surface area contributed by atoms with Gasteiger partial charge in [0, 0.05) is 51.2 Å². The van der Waals surface area contributed by atoms with Crippen LogP contribution < -0.4 is 15.4 Å². The van der Waals surface area contributed by atoms with E-state index in [1.165, 1.54) is 0 Å². The van der Waals surface area contributed by atoms with Gasteiger partial charge in [0.1, 0.15) is 17.6 Å². The molecule has 2 amide bonds. The molecule has 2 N–H and O–H groups in total. The van der Waals surface area contributed by atoms with Crippen LogP contribution in [0.15, 0.2) is 72.9 Å². The van der Waals surface area contributed by atoms with E-state index in [9.17, 15) is 9.59 Å². The quantitative estimate of drug-likeness (QED) is 0.565. The molecule has 1 atom stereocenters. The average Bonchev–Trinajstić information content (AvgIpc) is 2.89. The van der Waals surface area contributed by atoms with Crippen molar-refractivity contribution < 1.29 is 14.3 Å². The number of benzene rings is 2. The monoisotopic (exact) mass is 459 g/mol. The zero-order chi connectivity index (χ0) is 23.9. The first kappa shape index (κ1) is 23.3. The highest BCUT2D eigenvalue weighted by Gasteiger charge is 2.34. The standard InChI is InChI=1S/C26H29N5O3/c1-27-25(32)23-18-31(15-14-30(23)17-19-8-4-3-5-9-19)26(33)22-12-7-13-28-24(22)29-20-10-6-11-21(16-20)34-2/h3-13,16,23H,14-15,17-18H2,1-2H3,(H,27,32)(H,28,29)/t23-/m0/s1. The van der Waals surface area contributed by atoms with E-state index >= 15 is 0 Å². The number of nitrogens with zero attached hydrogens (tertiary/aromatic N) is 3. The summed E-state index contributed by atoms with van der Waals surface area (Å²) in [7, 11) is 3.23. The van der Waals surface area contributed by atoms with Crippen molar-refractivity contribution in [3.8, 4) is 5.75 Å². The molecule has 0 radical (unpaired) electrons. The Hall–Kier alpha value is -3.91. The largest absolute Gasteiger partial charge is 0.497 e. The maximum Gasteiger partial charge on any atom is 0.257 e. The molecule has 0 spiro atoms. The molecule has 2 aromatic carbocycles. The Balaban J connectivity index is 1.52. The van der Waals surface area contributed by atoms with Crippen molar-refractivity contribution in [1.82, 2.24) is 20.1 Å². The molecule has 0 bridgehead atoms. The van der Waals surface area contributed by atoms with Crippen LogP contribution in [-0.4, -0.2) is 66.4 Å². The minimum atomic E-state index is -0.436. The van der Waals surface area contributed by atoms with Crippen LogP contribution in [0.2, 0.25) is 0 Å². The zero-order valence-electron chi connectivity index (χ0n) is 19.4. The Bertz CT molecular complexity index is 1140. The second-order valence-electron chi connectivity index (χ2n) is 8.09. The summed E-state index contributed by atoms with van der Waals surface area (Å²) in [6.07, 6.45) is 1.64. The van der Waals surface area contributed by atoms with Crippen LogP contribution >= 0.6 is 0 Å². The van der Waals surface area contributed by atoms with Crippen LogP contribution in [0.4, 0.5) is 11.5 Å². The predicted octanol–water partition coefficient (Wildman–Crippen LogP) is 2.91. The molecule has 4 rings (SSSR count). The molecule has 2 heterocycles. The molecule has 0 aliphatic carbocycles. The highest BCUT2D eigenvalue weighted by molar-refractivity contribution is 5.99. The van der Waals surface area contributed by atoms with E-state index in [1.54, 1.807) is 37.4 Å². The van der Waals surface area contributed by atoms with Gasteiger partial charge in [-0.15, -0.1) is 0 Å². The Morgan fingerprint density at radius 1 is 1.06 bits per heavy atom. The van der Waals surface area contributed by atoms with Gasteiger partial charge in [-0.2, -0.15) is 0 Å². The van der Waals surface area contributed by atoms with Crippen LogP contribution in [0.1, 0.15) is 15.9 Å². The van der Waals surface area contributed by atoms with Crippen LogP contribution in [0, 0.1) is 0 Å². The van der Waals surface area contributed by atoms with Crippen LogP contribution in [-0.2, 0) is 11.3 Å². The molecule has 8 nitrogen and oxygen atoms in total. The maximum absolute atomic E-state index is 13.5. The van der Waals surface area contributed by atoms with E-state index < -0.39 is 6.04 Å². The Labute approximate surface area is 199 Å². The summed E-state index contributed by atoms with van der Waals surface area (Å²) in [5, 5.41) is 5.97. The molecular formula is C26H29N5O3. The fraction of sp³-hybridized carbons (Fsp3) is 0.269. The summed E-state index contributed by atoms with van der Waals surface area (Å²) in [6, 6.07) is 20.5. The van der Waals surface area contributed by atoms with Crippen molar-refractivity contribution in [1.29, 1.82) is 0 Å². The van der Waals surface area contributed by atoms with Crippen molar-refractivity contribution in [3.05, 3.63) is 84.1 Å². The van der Waals surface area contributed by atoms with Crippen LogP contribution in [0.3, 0.4) is 0 Å². The first-order chi connectivity index (χ1) is 16.6. The summed E-state index contributed by atoms with van der Waals surface area (Å²) in [4.78, 5) is 34.5. The fourth-order valence-electron chi connectivity index (χ4n) is 4.11. The number of carbonyl (C=O) groups excluding carboxylic acids is 2. The van der Waals surface area contributed by atoms with Gasteiger partial charge >= 0.3 is 0 Å². The number of nitrogens with one attached hydrogen (secondary N) is 2. The number of ether oxygens (including phenoxy) is 1. The van der Waals surface area contributed by atoms with Gasteiger partial charge in [0.15, 0.2) is 0 Å². The third kappa shape index (κ3) is 5.35. The Morgan fingerprint density at radius 3 is 2.65 bits per heavy atom. The number of anilines is 2. The SMILES string of the molecule is CNC(=O)[C@@H]1CN(C(=O)c2cccnc2Nc2cccc(OC)c2)CCN1Cc1ccccc1. The lowest BCUT2D eigenvalue weighted by Gasteiger charge is -2.40. The van der Waals surface area contributed by atoms with Crippen molar-refractivity contribution in [2.75, 3.05) is 39.1 Å². The highest BCUT2D eigenvalue weighted by Crippen LogP contribution is 2.24. The van der Waals surface area contributed by atoms with Crippen LogP contribution in [0.25, 0.3) is 0 Å². The van der Waals surface area contributed by atoms with Gasteiger partial charge in [0.2, 0.25) is 5.91 Å². The fourth-order valence-corrected chi connectivity index (χ4v) is 4.11. The normalized spacial score (nSPS) is 16.1. The lowest BCUT2D eigenvalue weighted by Crippen LogP contribution is -2.59. The minimum absolute atomic E-state index is 0.102. The Kier molecular flexibility index (Phi) is 7.39.